The van der Waals surface area contributed by atoms with Gasteiger partial charge in [0.05, 0.1) is 5.69 Å². The zero-order valence-electron chi connectivity index (χ0n) is 11.0. The maximum Gasteiger partial charge on any atom is 0.133 e. The van der Waals surface area contributed by atoms with Gasteiger partial charge in [0.1, 0.15) is 6.34 Å². The number of rotatable bonds is 4. The van der Waals surface area contributed by atoms with Crippen LogP contribution in [0.4, 0.5) is 5.69 Å². The van der Waals surface area contributed by atoms with Gasteiger partial charge < -0.3 is 10.2 Å². The first-order valence-electron chi connectivity index (χ1n) is 6.77. The number of nitrogens with zero attached hydrogens (tertiary/aromatic N) is 3. The van der Waals surface area contributed by atoms with Crippen molar-refractivity contribution < 1.29 is 0 Å². The van der Waals surface area contributed by atoms with Gasteiger partial charge in [-0.05, 0) is 24.1 Å². The van der Waals surface area contributed by atoms with Crippen molar-refractivity contribution >= 4 is 12.0 Å². The van der Waals surface area contributed by atoms with Crippen LogP contribution in [0.2, 0.25) is 0 Å². The van der Waals surface area contributed by atoms with Gasteiger partial charge in [-0.3, -0.25) is 0 Å². The first-order chi connectivity index (χ1) is 9.42. The van der Waals surface area contributed by atoms with Gasteiger partial charge in [-0.1, -0.05) is 12.1 Å². The predicted molar refractivity (Wildman–Crippen MR) is 76.7 cm³/mol. The molecule has 1 aromatic carbocycles. The fourth-order valence-electron chi connectivity index (χ4n) is 2.41. The van der Waals surface area contributed by atoms with E-state index < -0.39 is 0 Å². The molecule has 0 bridgehead atoms. The molecule has 0 saturated carbocycles. The molecule has 2 aliphatic rings. The molecule has 1 aromatic rings. The van der Waals surface area contributed by atoms with Gasteiger partial charge in [0.15, 0.2) is 0 Å². The van der Waals surface area contributed by atoms with E-state index in [0.29, 0.717) is 0 Å². The van der Waals surface area contributed by atoms with E-state index in [1.807, 2.05) is 5.01 Å². The number of hydrogen-bond acceptors (Lipinski definition) is 6. The van der Waals surface area contributed by atoms with Crippen molar-refractivity contribution in [2.24, 2.45) is 5.10 Å². The normalized spacial score (nSPS) is 19.7. The molecule has 3 rings (SSSR count). The topological polar surface area (TPSA) is 54.9 Å². The van der Waals surface area contributed by atoms with Crippen LogP contribution in [0.3, 0.4) is 0 Å². The molecule has 19 heavy (non-hydrogen) atoms. The minimum Gasteiger partial charge on any atom is -0.314 e. The number of hydrazine groups is 2. The first kappa shape index (κ1) is 12.4. The van der Waals surface area contributed by atoms with Crippen molar-refractivity contribution in [1.82, 2.24) is 21.3 Å². The Morgan fingerprint density at radius 1 is 1.21 bits per heavy atom. The van der Waals surface area contributed by atoms with Crippen molar-refractivity contribution in [3.8, 4) is 0 Å². The largest absolute Gasteiger partial charge is 0.314 e. The quantitative estimate of drug-likeness (QED) is 0.706. The molecule has 0 atom stereocenters. The van der Waals surface area contributed by atoms with Crippen molar-refractivity contribution in [3.63, 3.8) is 0 Å². The van der Waals surface area contributed by atoms with Crippen LogP contribution in [0, 0.1) is 0 Å². The number of anilines is 1. The number of piperazine rings is 1. The predicted octanol–water partition coefficient (Wildman–Crippen LogP) is -0.0932. The van der Waals surface area contributed by atoms with Crippen LogP contribution >= 0.6 is 0 Å². The first-order valence-corrected chi connectivity index (χ1v) is 6.77. The second-order valence-corrected chi connectivity index (χ2v) is 4.85. The van der Waals surface area contributed by atoms with E-state index in [2.05, 4.69) is 50.7 Å². The minimum absolute atomic E-state index is 1.09. The summed E-state index contributed by atoms with van der Waals surface area (Å²) >= 11 is 0. The molecule has 0 spiro atoms. The van der Waals surface area contributed by atoms with Crippen LogP contribution in [0.5, 0.6) is 0 Å². The Balaban J connectivity index is 1.58. The maximum atomic E-state index is 3.91. The van der Waals surface area contributed by atoms with Crippen LogP contribution in [-0.2, 0) is 6.42 Å². The van der Waals surface area contributed by atoms with E-state index >= 15 is 0 Å². The monoisotopic (exact) mass is 260 g/mol. The van der Waals surface area contributed by atoms with Crippen molar-refractivity contribution in [3.05, 3.63) is 29.8 Å². The van der Waals surface area contributed by atoms with E-state index in [1.54, 1.807) is 6.34 Å². The lowest BCUT2D eigenvalue weighted by molar-refractivity contribution is 0.244. The average molecular weight is 260 g/mol. The molecule has 0 aromatic heterocycles. The van der Waals surface area contributed by atoms with Gasteiger partial charge in [0, 0.05) is 32.7 Å². The van der Waals surface area contributed by atoms with Gasteiger partial charge in [0.2, 0.25) is 0 Å². The minimum atomic E-state index is 1.09. The Morgan fingerprint density at radius 3 is 2.89 bits per heavy atom. The Morgan fingerprint density at radius 2 is 2.11 bits per heavy atom. The van der Waals surface area contributed by atoms with E-state index in [1.165, 1.54) is 5.56 Å². The van der Waals surface area contributed by atoms with Gasteiger partial charge in [0.25, 0.3) is 0 Å². The molecule has 6 nitrogen and oxygen atoms in total. The smallest absolute Gasteiger partial charge is 0.133 e. The summed E-state index contributed by atoms with van der Waals surface area (Å²) in [7, 11) is 0. The molecule has 1 saturated heterocycles. The zero-order valence-corrected chi connectivity index (χ0v) is 11.0. The second kappa shape index (κ2) is 6.01. The summed E-state index contributed by atoms with van der Waals surface area (Å²) in [4.78, 5) is 2.51. The van der Waals surface area contributed by atoms with Crippen molar-refractivity contribution in [2.75, 3.05) is 37.7 Å². The molecule has 0 unspecified atom stereocenters. The lowest BCUT2D eigenvalue weighted by atomic mass is 10.1. The highest BCUT2D eigenvalue weighted by Crippen LogP contribution is 2.15. The molecular weight excluding hydrogens is 240 g/mol. The highest BCUT2D eigenvalue weighted by molar-refractivity contribution is 5.78. The molecule has 6 heteroatoms. The number of hydrazone groups is 1. The van der Waals surface area contributed by atoms with Gasteiger partial charge in [-0.2, -0.15) is 5.10 Å². The summed E-state index contributed by atoms with van der Waals surface area (Å²) in [5, 5.41) is 9.17. The summed E-state index contributed by atoms with van der Waals surface area (Å²) in [6.07, 6.45) is 2.82. The third-order valence-electron chi connectivity index (χ3n) is 3.52. The van der Waals surface area contributed by atoms with Crippen LogP contribution < -0.4 is 21.4 Å². The molecule has 1 fully saturated rings. The standard InChI is InChI=1S/C13H20N6/c1-2-12(4-7-18-8-5-14-6-9-18)10-13(3-1)19-11-15-16-17-19/h1-3,10-11,14,16-17H,4-9H2. The number of hydrogen-bond donors (Lipinski definition) is 3. The molecule has 2 aliphatic heterocycles. The Bertz CT molecular complexity index is 441. The number of benzene rings is 1. The SMILES string of the molecule is C1=NNNN1c1cccc(CCN2CCNCC2)c1. The van der Waals surface area contributed by atoms with Crippen molar-refractivity contribution in [1.29, 1.82) is 0 Å². The van der Waals surface area contributed by atoms with Crippen LogP contribution in [-0.4, -0.2) is 44.0 Å². The highest BCUT2D eigenvalue weighted by atomic mass is 15.8. The van der Waals surface area contributed by atoms with Crippen LogP contribution in [0.25, 0.3) is 0 Å². The molecule has 0 aliphatic carbocycles. The van der Waals surface area contributed by atoms with Crippen LogP contribution in [0.15, 0.2) is 29.4 Å². The van der Waals surface area contributed by atoms with Crippen LogP contribution in [0.1, 0.15) is 5.56 Å². The summed E-state index contributed by atoms with van der Waals surface area (Å²) in [5.41, 5.74) is 8.11. The van der Waals surface area contributed by atoms with E-state index in [9.17, 15) is 0 Å². The Hall–Kier alpha value is -1.63. The van der Waals surface area contributed by atoms with Gasteiger partial charge >= 0.3 is 0 Å². The summed E-state index contributed by atoms with van der Waals surface area (Å²) < 4.78 is 0. The third kappa shape index (κ3) is 3.23. The fraction of sp³-hybridized carbons (Fsp3) is 0.462. The average Bonchev–Trinajstić information content (AvgIpc) is 3.01. The fourth-order valence-corrected chi connectivity index (χ4v) is 2.41. The molecule has 2 heterocycles. The van der Waals surface area contributed by atoms with Gasteiger partial charge in [-0.15, -0.1) is 5.53 Å². The summed E-state index contributed by atoms with van der Waals surface area (Å²) in [5.74, 6) is 0. The zero-order chi connectivity index (χ0) is 12.9. The third-order valence-corrected chi connectivity index (χ3v) is 3.52. The lowest BCUT2D eigenvalue weighted by Crippen LogP contribution is -2.44. The van der Waals surface area contributed by atoms with E-state index in [0.717, 1.165) is 44.8 Å². The van der Waals surface area contributed by atoms with Gasteiger partial charge in [-0.25, -0.2) is 10.5 Å². The molecule has 0 radical (unpaired) electrons. The summed E-state index contributed by atoms with van der Waals surface area (Å²) in [6.45, 7) is 5.67. The maximum absolute atomic E-state index is 3.91. The summed E-state index contributed by atoms with van der Waals surface area (Å²) in [6, 6.07) is 8.55. The highest BCUT2D eigenvalue weighted by Gasteiger charge is 2.10. The van der Waals surface area contributed by atoms with Crippen molar-refractivity contribution in [2.45, 2.75) is 6.42 Å². The Kier molecular flexibility index (Phi) is 3.92. The molecule has 0 amide bonds. The Labute approximate surface area is 113 Å². The molecular formula is C13H20N6. The van der Waals surface area contributed by atoms with E-state index in [4.69, 9.17) is 0 Å². The lowest BCUT2D eigenvalue weighted by Gasteiger charge is -2.27. The van der Waals surface area contributed by atoms with E-state index in [-0.39, 0.29) is 0 Å². The molecule has 102 valence electrons. The number of nitrogens with one attached hydrogen (secondary N) is 3. The molecule has 3 N–H and O–H groups in total. The second-order valence-electron chi connectivity index (χ2n) is 4.85.